The van der Waals surface area contributed by atoms with E-state index < -0.39 is 40.0 Å². The molecule has 0 N–H and O–H groups in total. The van der Waals surface area contributed by atoms with Gasteiger partial charge in [-0.2, -0.15) is 0 Å². The second-order valence-electron chi connectivity index (χ2n) is 4.25. The van der Waals surface area contributed by atoms with Crippen molar-refractivity contribution in [1.82, 2.24) is 0 Å². The molecule has 2 aromatic rings. The van der Waals surface area contributed by atoms with Crippen molar-refractivity contribution in [3.63, 3.8) is 0 Å². The second-order valence-corrected chi connectivity index (χ2v) is 4.69. The molecule has 0 saturated carbocycles. The topological polar surface area (TPSA) is 0 Å². The van der Waals surface area contributed by atoms with Crippen LogP contribution in [0.4, 0.5) is 22.0 Å². The summed E-state index contributed by atoms with van der Waals surface area (Å²) in [5.74, 6) is -6.19. The molecule has 0 aliphatic heterocycles. The third kappa shape index (κ3) is 2.50. The maximum absolute atomic E-state index is 13.7. The van der Waals surface area contributed by atoms with Crippen molar-refractivity contribution < 1.29 is 22.0 Å². The fourth-order valence-electron chi connectivity index (χ4n) is 1.76. The molecule has 0 amide bonds. The highest BCUT2D eigenvalue weighted by Gasteiger charge is 2.23. The van der Waals surface area contributed by atoms with Crippen molar-refractivity contribution in [3.8, 4) is 0 Å². The average Bonchev–Trinajstić information content (AvgIpc) is 2.40. The summed E-state index contributed by atoms with van der Waals surface area (Å²) in [7, 11) is 0. The third-order valence-corrected chi connectivity index (χ3v) is 3.36. The summed E-state index contributed by atoms with van der Waals surface area (Å²) >= 11 is 5.86. The molecule has 0 heterocycles. The summed E-state index contributed by atoms with van der Waals surface area (Å²) in [6, 6.07) is 3.27. The number of alkyl halides is 1. The Bertz CT molecular complexity index is 667. The molecule has 0 saturated heterocycles. The summed E-state index contributed by atoms with van der Waals surface area (Å²) in [5.41, 5.74) is -0.756. The first kappa shape index (κ1) is 14.8. The molecule has 0 aromatic heterocycles. The lowest BCUT2D eigenvalue weighted by atomic mass is 10.0. The van der Waals surface area contributed by atoms with E-state index in [0.717, 1.165) is 18.2 Å². The first-order valence-corrected chi connectivity index (χ1v) is 5.99. The largest absolute Gasteiger partial charge is 0.207 e. The van der Waals surface area contributed by atoms with Gasteiger partial charge in [0.2, 0.25) is 0 Å². The van der Waals surface area contributed by atoms with Crippen molar-refractivity contribution in [2.24, 2.45) is 0 Å². The van der Waals surface area contributed by atoms with Crippen molar-refractivity contribution >= 4 is 11.6 Å². The lowest BCUT2D eigenvalue weighted by Crippen LogP contribution is -2.04. The van der Waals surface area contributed by atoms with Crippen LogP contribution in [-0.4, -0.2) is 0 Å². The van der Waals surface area contributed by atoms with E-state index in [1.165, 1.54) is 6.92 Å². The van der Waals surface area contributed by atoms with E-state index in [0.29, 0.717) is 6.07 Å². The first-order valence-electron chi connectivity index (χ1n) is 5.56. The molecule has 20 heavy (non-hydrogen) atoms. The SMILES string of the molecule is Cc1cc(F)c(C(Cl)c2ccc(F)c(F)c2F)cc1F. The van der Waals surface area contributed by atoms with Gasteiger partial charge in [0.05, 0.1) is 5.38 Å². The van der Waals surface area contributed by atoms with E-state index in [4.69, 9.17) is 11.6 Å². The Labute approximate surface area is 116 Å². The van der Waals surface area contributed by atoms with Crippen LogP contribution in [0, 0.1) is 36.0 Å². The van der Waals surface area contributed by atoms with Gasteiger partial charge in [0, 0.05) is 11.1 Å². The molecule has 0 aliphatic rings. The molecule has 106 valence electrons. The molecular formula is C14H8ClF5. The third-order valence-electron chi connectivity index (χ3n) is 2.89. The van der Waals surface area contributed by atoms with Crippen LogP contribution in [0.25, 0.3) is 0 Å². The zero-order valence-corrected chi connectivity index (χ0v) is 10.9. The van der Waals surface area contributed by atoms with Gasteiger partial charge in [0.1, 0.15) is 11.6 Å². The van der Waals surface area contributed by atoms with Gasteiger partial charge in [-0.15, -0.1) is 11.6 Å². The van der Waals surface area contributed by atoms with Gasteiger partial charge in [0.25, 0.3) is 0 Å². The summed E-state index contributed by atoms with van der Waals surface area (Å²) in [4.78, 5) is 0. The van der Waals surface area contributed by atoms with Gasteiger partial charge < -0.3 is 0 Å². The van der Waals surface area contributed by atoms with E-state index in [2.05, 4.69) is 0 Å². The molecule has 0 radical (unpaired) electrons. The quantitative estimate of drug-likeness (QED) is 0.415. The number of hydrogen-bond donors (Lipinski definition) is 0. The van der Waals surface area contributed by atoms with Gasteiger partial charge in [-0.05, 0) is 30.7 Å². The van der Waals surface area contributed by atoms with Crippen LogP contribution >= 0.6 is 11.6 Å². The highest BCUT2D eigenvalue weighted by Crippen LogP contribution is 2.34. The van der Waals surface area contributed by atoms with E-state index >= 15 is 0 Å². The van der Waals surface area contributed by atoms with Crippen LogP contribution in [0.3, 0.4) is 0 Å². The summed E-state index contributed by atoms with van der Waals surface area (Å²) in [5, 5.41) is -1.47. The summed E-state index contributed by atoms with van der Waals surface area (Å²) < 4.78 is 66.7. The molecule has 0 nitrogen and oxygen atoms in total. The molecule has 2 rings (SSSR count). The van der Waals surface area contributed by atoms with Crippen molar-refractivity contribution in [2.45, 2.75) is 12.3 Å². The van der Waals surface area contributed by atoms with Crippen LogP contribution in [-0.2, 0) is 0 Å². The van der Waals surface area contributed by atoms with Crippen LogP contribution in [0.15, 0.2) is 24.3 Å². The highest BCUT2D eigenvalue weighted by atomic mass is 35.5. The van der Waals surface area contributed by atoms with Gasteiger partial charge in [-0.3, -0.25) is 0 Å². The maximum Gasteiger partial charge on any atom is 0.194 e. The number of halogens is 6. The summed E-state index contributed by atoms with van der Waals surface area (Å²) in [6.07, 6.45) is 0. The normalized spacial score (nSPS) is 12.6. The molecular weight excluding hydrogens is 299 g/mol. The van der Waals surface area contributed by atoms with Crippen molar-refractivity contribution in [2.75, 3.05) is 0 Å². The minimum absolute atomic E-state index is 0.0564. The van der Waals surface area contributed by atoms with Crippen LogP contribution < -0.4 is 0 Å². The predicted octanol–water partition coefficient (Wildman–Crippen LogP) is 5.02. The van der Waals surface area contributed by atoms with Gasteiger partial charge in [-0.25, -0.2) is 22.0 Å². The van der Waals surface area contributed by atoms with Crippen molar-refractivity contribution in [3.05, 3.63) is 70.0 Å². The average molecular weight is 307 g/mol. The fraction of sp³-hybridized carbons (Fsp3) is 0.143. The first-order chi connectivity index (χ1) is 9.32. The minimum atomic E-state index is -1.71. The standard InChI is InChI=1S/C14H8ClF5/c1-6-4-11(18)8(5-10(6)17)12(15)7-2-3-9(16)14(20)13(7)19/h2-5,12H,1H3. The smallest absolute Gasteiger partial charge is 0.194 e. The maximum atomic E-state index is 13.7. The molecule has 1 atom stereocenters. The molecule has 2 aromatic carbocycles. The Morgan fingerprint density at radius 2 is 1.45 bits per heavy atom. The van der Waals surface area contributed by atoms with E-state index in [9.17, 15) is 22.0 Å². The van der Waals surface area contributed by atoms with Crippen LogP contribution in [0.5, 0.6) is 0 Å². The Balaban J connectivity index is 2.55. The highest BCUT2D eigenvalue weighted by molar-refractivity contribution is 6.22. The number of rotatable bonds is 2. The lowest BCUT2D eigenvalue weighted by Gasteiger charge is -2.14. The van der Waals surface area contributed by atoms with Crippen LogP contribution in [0.2, 0.25) is 0 Å². The van der Waals surface area contributed by atoms with E-state index in [1.807, 2.05) is 0 Å². The minimum Gasteiger partial charge on any atom is -0.207 e. The fourth-order valence-corrected chi connectivity index (χ4v) is 2.10. The Hall–Kier alpha value is -1.62. The monoisotopic (exact) mass is 306 g/mol. The van der Waals surface area contributed by atoms with Gasteiger partial charge >= 0.3 is 0 Å². The Kier molecular flexibility index (Phi) is 3.99. The second kappa shape index (κ2) is 5.40. The Morgan fingerprint density at radius 1 is 0.800 bits per heavy atom. The summed E-state index contributed by atoms with van der Waals surface area (Å²) in [6.45, 7) is 1.35. The molecule has 0 aliphatic carbocycles. The van der Waals surface area contributed by atoms with E-state index in [-0.39, 0.29) is 11.1 Å². The zero-order chi connectivity index (χ0) is 15.0. The van der Waals surface area contributed by atoms with E-state index in [1.54, 1.807) is 0 Å². The molecule has 6 heteroatoms. The van der Waals surface area contributed by atoms with Crippen molar-refractivity contribution in [1.29, 1.82) is 0 Å². The molecule has 1 unspecified atom stereocenters. The zero-order valence-electron chi connectivity index (χ0n) is 10.2. The number of hydrogen-bond acceptors (Lipinski definition) is 0. The molecule has 0 bridgehead atoms. The molecule has 0 fully saturated rings. The number of aryl methyl sites for hydroxylation is 1. The van der Waals surface area contributed by atoms with Gasteiger partial charge in [0.15, 0.2) is 17.5 Å². The Morgan fingerprint density at radius 3 is 2.10 bits per heavy atom. The lowest BCUT2D eigenvalue weighted by molar-refractivity contribution is 0.441. The van der Waals surface area contributed by atoms with Crippen LogP contribution in [0.1, 0.15) is 22.1 Å². The van der Waals surface area contributed by atoms with Gasteiger partial charge in [-0.1, -0.05) is 6.07 Å². The predicted molar refractivity (Wildman–Crippen MR) is 65.1 cm³/mol. The number of benzene rings is 2. The molecule has 0 spiro atoms.